The van der Waals surface area contributed by atoms with Gasteiger partial charge in [0, 0.05) is 26.1 Å². The molecule has 1 saturated heterocycles. The topological polar surface area (TPSA) is 67.6 Å². The molecule has 0 saturated carbocycles. The van der Waals surface area contributed by atoms with Crippen molar-refractivity contribution in [1.82, 2.24) is 10.3 Å². The molecule has 1 fully saturated rings. The number of likely N-dealkylation sites (tertiary alicyclic amines) is 1. The minimum absolute atomic E-state index is 0.0960. The molecule has 0 aliphatic carbocycles. The van der Waals surface area contributed by atoms with E-state index in [1.807, 2.05) is 0 Å². The van der Waals surface area contributed by atoms with Crippen molar-refractivity contribution >= 4 is 5.91 Å². The van der Waals surface area contributed by atoms with Gasteiger partial charge in [-0.25, -0.2) is 5.84 Å². The van der Waals surface area contributed by atoms with Gasteiger partial charge in [-0.1, -0.05) is 0 Å². The lowest BCUT2D eigenvalue weighted by molar-refractivity contribution is -0.122. The number of carbonyl (C=O) groups excluding carboxylic acids is 1. The molecule has 94 valence electrons. The van der Waals surface area contributed by atoms with Gasteiger partial charge in [0.1, 0.15) is 0 Å². The van der Waals surface area contributed by atoms with Crippen LogP contribution in [0.3, 0.4) is 0 Å². The van der Waals surface area contributed by atoms with Crippen molar-refractivity contribution in [3.8, 4) is 0 Å². The zero-order valence-electron chi connectivity index (χ0n) is 10.2. The number of ether oxygens (including phenoxy) is 1. The first kappa shape index (κ1) is 13.4. The van der Waals surface area contributed by atoms with Gasteiger partial charge in [0.25, 0.3) is 0 Å². The van der Waals surface area contributed by atoms with Crippen LogP contribution in [0.2, 0.25) is 0 Å². The second-order valence-corrected chi connectivity index (χ2v) is 4.58. The second-order valence-electron chi connectivity index (χ2n) is 4.58. The minimum Gasteiger partial charge on any atom is -0.384 e. The molecular weight excluding hydrogens is 206 g/mol. The van der Waals surface area contributed by atoms with Crippen molar-refractivity contribution in [3.63, 3.8) is 0 Å². The van der Waals surface area contributed by atoms with E-state index >= 15 is 0 Å². The van der Waals surface area contributed by atoms with E-state index in [2.05, 4.69) is 17.2 Å². The maximum Gasteiger partial charge on any atom is 0.235 e. The van der Waals surface area contributed by atoms with Gasteiger partial charge in [0.2, 0.25) is 5.91 Å². The summed E-state index contributed by atoms with van der Waals surface area (Å²) in [5, 5.41) is 0. The van der Waals surface area contributed by atoms with E-state index in [4.69, 9.17) is 10.6 Å². The number of nitrogens with zero attached hydrogens (tertiary/aromatic N) is 1. The summed E-state index contributed by atoms with van der Waals surface area (Å²) >= 11 is 0. The quantitative estimate of drug-likeness (QED) is 0.399. The summed E-state index contributed by atoms with van der Waals surface area (Å²) in [6.07, 6.45) is 2.87. The van der Waals surface area contributed by atoms with Crippen molar-refractivity contribution in [2.24, 2.45) is 11.8 Å². The number of nitrogens with two attached hydrogens (primary N) is 1. The Morgan fingerprint density at radius 3 is 3.06 bits per heavy atom. The molecule has 0 radical (unpaired) electrons. The summed E-state index contributed by atoms with van der Waals surface area (Å²) in [5.74, 6) is 5.59. The van der Waals surface area contributed by atoms with Gasteiger partial charge in [-0.3, -0.25) is 15.1 Å². The van der Waals surface area contributed by atoms with Crippen molar-refractivity contribution in [2.75, 3.05) is 26.8 Å². The van der Waals surface area contributed by atoms with Gasteiger partial charge in [-0.15, -0.1) is 0 Å². The standard InChI is InChI=1S/C11H23N3O2/c1-9(6-11(15)13-12)14-5-3-4-10(7-14)8-16-2/h9-10H,3-8,12H2,1-2H3,(H,13,15). The highest BCUT2D eigenvalue weighted by atomic mass is 16.5. The van der Waals surface area contributed by atoms with Crippen LogP contribution in [-0.4, -0.2) is 43.7 Å². The molecule has 1 amide bonds. The molecule has 0 bridgehead atoms. The average molecular weight is 229 g/mol. The Bertz CT molecular complexity index is 221. The number of amides is 1. The van der Waals surface area contributed by atoms with Crippen molar-refractivity contribution in [2.45, 2.75) is 32.2 Å². The molecule has 2 unspecified atom stereocenters. The number of rotatable bonds is 5. The maximum absolute atomic E-state index is 11.2. The molecule has 1 rings (SSSR count). The lowest BCUT2D eigenvalue weighted by atomic mass is 9.97. The van der Waals surface area contributed by atoms with Crippen LogP contribution in [0.4, 0.5) is 0 Å². The van der Waals surface area contributed by atoms with E-state index < -0.39 is 0 Å². The van der Waals surface area contributed by atoms with Crippen molar-refractivity contribution in [3.05, 3.63) is 0 Å². The first-order chi connectivity index (χ1) is 7.67. The van der Waals surface area contributed by atoms with E-state index in [9.17, 15) is 4.79 Å². The second kappa shape index (κ2) is 6.83. The van der Waals surface area contributed by atoms with Crippen LogP contribution in [0.1, 0.15) is 26.2 Å². The Morgan fingerprint density at radius 1 is 1.69 bits per heavy atom. The maximum atomic E-state index is 11.2. The van der Waals surface area contributed by atoms with Gasteiger partial charge in [0.15, 0.2) is 0 Å². The Hall–Kier alpha value is -0.650. The largest absolute Gasteiger partial charge is 0.384 e. The van der Waals surface area contributed by atoms with Crippen LogP contribution in [0.25, 0.3) is 0 Å². The van der Waals surface area contributed by atoms with Crippen molar-refractivity contribution < 1.29 is 9.53 Å². The molecule has 1 aliphatic heterocycles. The van der Waals surface area contributed by atoms with Gasteiger partial charge in [0.05, 0.1) is 6.61 Å². The summed E-state index contributed by atoms with van der Waals surface area (Å²) in [6.45, 7) is 4.98. The van der Waals surface area contributed by atoms with Crippen molar-refractivity contribution in [1.29, 1.82) is 0 Å². The number of nitrogens with one attached hydrogen (secondary N) is 1. The zero-order valence-corrected chi connectivity index (χ0v) is 10.2. The summed E-state index contributed by atoms with van der Waals surface area (Å²) in [4.78, 5) is 13.5. The van der Waals surface area contributed by atoms with Crippen LogP contribution in [0, 0.1) is 5.92 Å². The van der Waals surface area contributed by atoms with Gasteiger partial charge in [-0.2, -0.15) is 0 Å². The summed E-state index contributed by atoms with van der Waals surface area (Å²) < 4.78 is 5.19. The van der Waals surface area contributed by atoms with E-state index in [1.165, 1.54) is 12.8 Å². The fourth-order valence-corrected chi connectivity index (χ4v) is 2.33. The van der Waals surface area contributed by atoms with Gasteiger partial charge >= 0.3 is 0 Å². The van der Waals surface area contributed by atoms with Crippen LogP contribution in [0.5, 0.6) is 0 Å². The highest BCUT2D eigenvalue weighted by Crippen LogP contribution is 2.19. The molecule has 3 N–H and O–H groups in total. The zero-order chi connectivity index (χ0) is 12.0. The SMILES string of the molecule is COCC1CCCN(C(C)CC(=O)NN)C1. The van der Waals surface area contributed by atoms with E-state index in [0.29, 0.717) is 12.3 Å². The third-order valence-corrected chi connectivity index (χ3v) is 3.22. The molecule has 5 heteroatoms. The molecule has 0 aromatic rings. The first-order valence-corrected chi connectivity index (χ1v) is 5.89. The molecule has 2 atom stereocenters. The third-order valence-electron chi connectivity index (χ3n) is 3.22. The van der Waals surface area contributed by atoms with E-state index in [-0.39, 0.29) is 11.9 Å². The fourth-order valence-electron chi connectivity index (χ4n) is 2.33. The monoisotopic (exact) mass is 229 g/mol. The normalized spacial score (nSPS) is 24.1. The Kier molecular flexibility index (Phi) is 5.73. The van der Waals surface area contributed by atoms with Crippen LogP contribution in [0.15, 0.2) is 0 Å². The summed E-state index contributed by atoms with van der Waals surface area (Å²) in [6, 6.07) is 0.253. The molecule has 0 aromatic heterocycles. The molecule has 5 nitrogen and oxygen atoms in total. The highest BCUT2D eigenvalue weighted by molar-refractivity contribution is 5.75. The predicted octanol–water partition coefficient (Wildman–Crippen LogP) is 0.113. The highest BCUT2D eigenvalue weighted by Gasteiger charge is 2.24. The average Bonchev–Trinajstić information content (AvgIpc) is 2.29. The van der Waals surface area contributed by atoms with E-state index in [0.717, 1.165) is 19.7 Å². The molecule has 16 heavy (non-hydrogen) atoms. The Morgan fingerprint density at radius 2 is 2.44 bits per heavy atom. The lowest BCUT2D eigenvalue weighted by Crippen LogP contribution is -2.45. The predicted molar refractivity (Wildman–Crippen MR) is 62.6 cm³/mol. The van der Waals surface area contributed by atoms with Gasteiger partial charge in [-0.05, 0) is 32.2 Å². The molecule has 1 aliphatic rings. The van der Waals surface area contributed by atoms with E-state index in [1.54, 1.807) is 7.11 Å². The number of hydrazine groups is 1. The molecular formula is C11H23N3O2. The fraction of sp³-hybridized carbons (Fsp3) is 0.909. The van der Waals surface area contributed by atoms with Crippen LogP contribution >= 0.6 is 0 Å². The Labute approximate surface area is 97.3 Å². The molecule has 0 aromatic carbocycles. The molecule has 0 spiro atoms. The third kappa shape index (κ3) is 4.08. The Balaban J connectivity index is 2.37. The lowest BCUT2D eigenvalue weighted by Gasteiger charge is -2.36. The first-order valence-electron chi connectivity index (χ1n) is 5.89. The number of piperidine rings is 1. The number of hydrogen-bond acceptors (Lipinski definition) is 4. The van der Waals surface area contributed by atoms with Crippen LogP contribution < -0.4 is 11.3 Å². The number of carbonyl (C=O) groups is 1. The smallest absolute Gasteiger partial charge is 0.235 e. The number of hydrogen-bond donors (Lipinski definition) is 2. The summed E-state index contributed by atoms with van der Waals surface area (Å²) in [5.41, 5.74) is 2.18. The summed E-state index contributed by atoms with van der Waals surface area (Å²) in [7, 11) is 1.74. The van der Waals surface area contributed by atoms with Crippen LogP contribution in [-0.2, 0) is 9.53 Å². The molecule has 1 heterocycles. The minimum atomic E-state index is -0.0960. The van der Waals surface area contributed by atoms with Gasteiger partial charge < -0.3 is 4.74 Å². The number of methoxy groups -OCH3 is 1.